The van der Waals surface area contributed by atoms with Gasteiger partial charge >= 0.3 is 6.09 Å². The topological polar surface area (TPSA) is 105 Å². The largest absolute Gasteiger partial charge is 0.449 e. The van der Waals surface area contributed by atoms with Gasteiger partial charge in [0.2, 0.25) is 11.8 Å². The van der Waals surface area contributed by atoms with Crippen molar-refractivity contribution in [3.8, 4) is 0 Å². The number of rotatable bonds is 6. The van der Waals surface area contributed by atoms with Crippen LogP contribution in [0.1, 0.15) is 52.2 Å². The van der Waals surface area contributed by atoms with Gasteiger partial charge < -0.3 is 15.0 Å². The average Bonchev–Trinajstić information content (AvgIpc) is 3.53. The highest BCUT2D eigenvalue weighted by molar-refractivity contribution is 6.05. The Labute approximate surface area is 191 Å². The molecule has 3 atom stereocenters. The molecule has 1 saturated heterocycles. The van der Waals surface area contributed by atoms with E-state index in [4.69, 9.17) is 4.74 Å². The molecule has 3 unspecified atom stereocenters. The second kappa shape index (κ2) is 8.69. The predicted octanol–water partition coefficient (Wildman–Crippen LogP) is 2.48. The molecular weight excluding hydrogens is 422 g/mol. The first kappa shape index (κ1) is 21.2. The van der Waals surface area contributed by atoms with Crippen molar-refractivity contribution in [2.24, 2.45) is 5.92 Å². The molecule has 0 bridgehead atoms. The standard InChI is InChI=1S/C25H25N3O5/c29-22-9-8-21(23(30)27-22)28-13-17-7-6-15(10-20(17)24(28)31)12-26-25(32)33-14-18-11-19(18)16-4-2-1-3-5-16/h1-7,10,18-19,21H,8-9,11-14H2,(H,26,32)(H,27,29,30). The van der Waals surface area contributed by atoms with Crippen molar-refractivity contribution in [1.82, 2.24) is 15.5 Å². The summed E-state index contributed by atoms with van der Waals surface area (Å²) in [5.41, 5.74) is 3.41. The number of hydrogen-bond donors (Lipinski definition) is 2. The zero-order valence-corrected chi connectivity index (χ0v) is 18.1. The normalized spacial score (nSPS) is 23.7. The maximum atomic E-state index is 12.9. The first-order valence-corrected chi connectivity index (χ1v) is 11.2. The number of nitrogens with zero attached hydrogens (tertiary/aromatic N) is 1. The Balaban J connectivity index is 1.12. The fraction of sp³-hybridized carbons (Fsp3) is 0.360. The first-order valence-electron chi connectivity index (χ1n) is 11.2. The molecule has 0 radical (unpaired) electrons. The number of carbonyl (C=O) groups excluding carboxylic acids is 4. The Morgan fingerprint density at radius 1 is 1.12 bits per heavy atom. The van der Waals surface area contributed by atoms with Crippen LogP contribution in [0.5, 0.6) is 0 Å². The van der Waals surface area contributed by atoms with Gasteiger partial charge in [-0.1, -0.05) is 42.5 Å². The lowest BCUT2D eigenvalue weighted by Crippen LogP contribution is -2.52. The van der Waals surface area contributed by atoms with Crippen molar-refractivity contribution in [2.45, 2.75) is 44.3 Å². The lowest BCUT2D eigenvalue weighted by Gasteiger charge is -2.29. The molecule has 5 rings (SSSR count). The van der Waals surface area contributed by atoms with Crippen LogP contribution in [0, 0.1) is 5.92 Å². The number of piperidine rings is 1. The smallest absolute Gasteiger partial charge is 0.407 e. The molecular formula is C25H25N3O5. The number of alkyl carbamates (subject to hydrolysis) is 1. The van der Waals surface area contributed by atoms with E-state index in [2.05, 4.69) is 22.8 Å². The van der Waals surface area contributed by atoms with E-state index >= 15 is 0 Å². The van der Waals surface area contributed by atoms with E-state index in [1.807, 2.05) is 30.3 Å². The summed E-state index contributed by atoms with van der Waals surface area (Å²) in [7, 11) is 0. The molecule has 2 heterocycles. The molecule has 4 amide bonds. The van der Waals surface area contributed by atoms with E-state index in [1.54, 1.807) is 6.07 Å². The molecule has 0 aromatic heterocycles. The monoisotopic (exact) mass is 447 g/mol. The van der Waals surface area contributed by atoms with Gasteiger partial charge in [0, 0.05) is 31.0 Å². The van der Waals surface area contributed by atoms with Crippen LogP contribution in [0.4, 0.5) is 4.79 Å². The molecule has 170 valence electrons. The van der Waals surface area contributed by atoms with Crippen molar-refractivity contribution in [1.29, 1.82) is 0 Å². The van der Waals surface area contributed by atoms with Crippen LogP contribution < -0.4 is 10.6 Å². The van der Waals surface area contributed by atoms with Gasteiger partial charge in [0.05, 0.1) is 6.61 Å². The molecule has 1 saturated carbocycles. The second-order valence-electron chi connectivity index (χ2n) is 8.86. The Morgan fingerprint density at radius 3 is 2.73 bits per heavy atom. The zero-order valence-electron chi connectivity index (χ0n) is 18.1. The number of nitrogens with one attached hydrogen (secondary N) is 2. The van der Waals surface area contributed by atoms with Crippen LogP contribution in [0.3, 0.4) is 0 Å². The molecule has 2 aromatic carbocycles. The fourth-order valence-electron chi connectivity index (χ4n) is 4.66. The Kier molecular flexibility index (Phi) is 5.58. The zero-order chi connectivity index (χ0) is 22.9. The van der Waals surface area contributed by atoms with Crippen LogP contribution in [-0.2, 0) is 27.4 Å². The van der Waals surface area contributed by atoms with Crippen molar-refractivity contribution < 1.29 is 23.9 Å². The van der Waals surface area contributed by atoms with Crippen LogP contribution in [0.2, 0.25) is 0 Å². The summed E-state index contributed by atoms with van der Waals surface area (Å²) in [6, 6.07) is 15.0. The minimum atomic E-state index is -0.638. The van der Waals surface area contributed by atoms with E-state index in [-0.39, 0.29) is 24.8 Å². The van der Waals surface area contributed by atoms with E-state index in [0.717, 1.165) is 17.5 Å². The van der Waals surface area contributed by atoms with Crippen LogP contribution in [0.15, 0.2) is 48.5 Å². The number of amides is 4. The molecule has 8 nitrogen and oxygen atoms in total. The predicted molar refractivity (Wildman–Crippen MR) is 118 cm³/mol. The second-order valence-corrected chi connectivity index (χ2v) is 8.86. The summed E-state index contributed by atoms with van der Waals surface area (Å²) in [5, 5.41) is 5.04. The lowest BCUT2D eigenvalue weighted by molar-refractivity contribution is -0.136. The minimum absolute atomic E-state index is 0.223. The van der Waals surface area contributed by atoms with Gasteiger partial charge in [-0.05, 0) is 41.5 Å². The van der Waals surface area contributed by atoms with Gasteiger partial charge in [-0.25, -0.2) is 4.79 Å². The Bertz CT molecular complexity index is 1120. The third kappa shape index (κ3) is 4.46. The van der Waals surface area contributed by atoms with Crippen molar-refractivity contribution in [3.63, 3.8) is 0 Å². The molecule has 2 aromatic rings. The molecule has 1 aliphatic carbocycles. The Hall–Kier alpha value is -3.68. The van der Waals surface area contributed by atoms with Crippen LogP contribution in [0.25, 0.3) is 0 Å². The third-order valence-corrected chi connectivity index (χ3v) is 6.61. The number of hydrogen-bond acceptors (Lipinski definition) is 5. The van der Waals surface area contributed by atoms with Gasteiger partial charge in [-0.15, -0.1) is 0 Å². The van der Waals surface area contributed by atoms with Gasteiger partial charge in [-0.2, -0.15) is 0 Å². The molecule has 33 heavy (non-hydrogen) atoms. The number of imide groups is 1. The highest BCUT2D eigenvalue weighted by atomic mass is 16.5. The number of ether oxygens (including phenoxy) is 1. The lowest BCUT2D eigenvalue weighted by atomic mass is 10.0. The van der Waals surface area contributed by atoms with Crippen molar-refractivity contribution >= 4 is 23.8 Å². The highest BCUT2D eigenvalue weighted by Gasteiger charge is 2.40. The maximum absolute atomic E-state index is 12.9. The minimum Gasteiger partial charge on any atom is -0.449 e. The van der Waals surface area contributed by atoms with Crippen molar-refractivity contribution in [3.05, 3.63) is 70.8 Å². The molecule has 2 fully saturated rings. The Morgan fingerprint density at radius 2 is 1.94 bits per heavy atom. The SMILES string of the molecule is O=C1CCC(N2Cc3ccc(CNC(=O)OCC4CC4c4ccccc4)cc3C2=O)C(=O)N1. The summed E-state index contributed by atoms with van der Waals surface area (Å²) in [6.45, 7) is 0.958. The van der Waals surface area contributed by atoms with Crippen molar-refractivity contribution in [2.75, 3.05) is 6.61 Å². The summed E-state index contributed by atoms with van der Waals surface area (Å²) in [4.78, 5) is 50.1. The first-order chi connectivity index (χ1) is 16.0. The van der Waals surface area contributed by atoms with Gasteiger partial charge in [0.1, 0.15) is 6.04 Å². The summed E-state index contributed by atoms with van der Waals surface area (Å²) >= 11 is 0. The van der Waals surface area contributed by atoms with Crippen LogP contribution >= 0.6 is 0 Å². The highest BCUT2D eigenvalue weighted by Crippen LogP contribution is 2.47. The molecule has 8 heteroatoms. The summed E-state index contributed by atoms with van der Waals surface area (Å²) < 4.78 is 5.37. The molecule has 3 aliphatic rings. The van der Waals surface area contributed by atoms with Gasteiger partial charge in [-0.3, -0.25) is 19.7 Å². The molecule has 2 N–H and O–H groups in total. The quantitative estimate of drug-likeness (QED) is 0.662. The van der Waals surface area contributed by atoms with Crippen LogP contribution in [-0.4, -0.2) is 41.4 Å². The molecule has 0 spiro atoms. The van der Waals surface area contributed by atoms with Gasteiger partial charge in [0.25, 0.3) is 5.91 Å². The van der Waals surface area contributed by atoms with E-state index in [0.29, 0.717) is 37.0 Å². The number of carbonyl (C=O) groups is 4. The number of benzene rings is 2. The summed E-state index contributed by atoms with van der Waals surface area (Å²) in [5.74, 6) is -0.159. The maximum Gasteiger partial charge on any atom is 0.407 e. The number of fused-ring (bicyclic) bond motifs is 1. The van der Waals surface area contributed by atoms with Gasteiger partial charge in [0.15, 0.2) is 0 Å². The fourth-order valence-corrected chi connectivity index (χ4v) is 4.66. The van der Waals surface area contributed by atoms with E-state index < -0.39 is 18.0 Å². The van der Waals surface area contributed by atoms with E-state index in [1.165, 1.54) is 10.5 Å². The third-order valence-electron chi connectivity index (χ3n) is 6.61. The summed E-state index contributed by atoms with van der Waals surface area (Å²) in [6.07, 6.45) is 1.09. The molecule has 2 aliphatic heterocycles. The van der Waals surface area contributed by atoms with E-state index in [9.17, 15) is 19.2 Å². The average molecular weight is 447 g/mol.